The number of aryl methyl sites for hydroxylation is 2. The molecule has 2 aromatic rings. The summed E-state index contributed by atoms with van der Waals surface area (Å²) >= 11 is -3.30. The molecular formula is C14H13F3INO3S. The van der Waals surface area contributed by atoms with Gasteiger partial charge in [0.2, 0.25) is 0 Å². The van der Waals surface area contributed by atoms with Crippen LogP contribution in [0.15, 0.2) is 42.7 Å². The molecule has 1 aromatic carbocycles. The van der Waals surface area contributed by atoms with Gasteiger partial charge < -0.3 is 0 Å². The van der Waals surface area contributed by atoms with E-state index in [1.807, 2.05) is 6.92 Å². The van der Waals surface area contributed by atoms with Crippen LogP contribution < -0.4 is 0 Å². The van der Waals surface area contributed by atoms with E-state index in [0.717, 1.165) is 5.56 Å². The Hall–Kier alpha value is -1.20. The van der Waals surface area contributed by atoms with Gasteiger partial charge in [0, 0.05) is 0 Å². The van der Waals surface area contributed by atoms with Gasteiger partial charge in [0.15, 0.2) is 0 Å². The molecule has 0 saturated carbocycles. The van der Waals surface area contributed by atoms with Crippen molar-refractivity contribution in [1.82, 2.24) is 4.98 Å². The van der Waals surface area contributed by atoms with Crippen molar-refractivity contribution in [3.8, 4) is 0 Å². The maximum atomic E-state index is 12.7. The summed E-state index contributed by atoms with van der Waals surface area (Å²) in [5.74, 6) is 0. The quantitative estimate of drug-likeness (QED) is 0.512. The Balaban J connectivity index is 2.54. The van der Waals surface area contributed by atoms with E-state index in [4.69, 9.17) is 0 Å². The van der Waals surface area contributed by atoms with E-state index in [9.17, 15) is 21.6 Å². The van der Waals surface area contributed by atoms with Crippen LogP contribution in [0.1, 0.15) is 11.1 Å². The van der Waals surface area contributed by atoms with Crippen LogP contribution >= 0.6 is 20.2 Å². The van der Waals surface area contributed by atoms with E-state index in [1.54, 1.807) is 25.1 Å². The first kappa shape index (κ1) is 18.1. The molecule has 1 heterocycles. The number of aromatic nitrogens is 1. The molecule has 126 valence electrons. The van der Waals surface area contributed by atoms with Gasteiger partial charge in [-0.05, 0) is 0 Å². The molecule has 0 aliphatic rings. The normalized spacial score (nSPS) is 13.0. The van der Waals surface area contributed by atoms with E-state index in [0.29, 0.717) is 12.7 Å². The molecule has 4 nitrogen and oxygen atoms in total. The van der Waals surface area contributed by atoms with Gasteiger partial charge in [-0.3, -0.25) is 0 Å². The molecule has 0 spiro atoms. The molecule has 1 aromatic heterocycles. The van der Waals surface area contributed by atoms with E-state index in [1.165, 1.54) is 24.5 Å². The molecule has 0 aliphatic heterocycles. The predicted octanol–water partition coefficient (Wildman–Crippen LogP) is 4.03. The Morgan fingerprint density at radius 1 is 1.09 bits per heavy atom. The zero-order valence-electron chi connectivity index (χ0n) is 12.1. The van der Waals surface area contributed by atoms with Crippen LogP contribution in [0.25, 0.3) is 0 Å². The molecule has 0 atom stereocenters. The molecule has 0 unspecified atom stereocenters. The summed E-state index contributed by atoms with van der Waals surface area (Å²) < 4.78 is 66.6. The molecule has 0 amide bonds. The van der Waals surface area contributed by atoms with Crippen LogP contribution in [0.4, 0.5) is 13.2 Å². The van der Waals surface area contributed by atoms with Gasteiger partial charge in [-0.25, -0.2) is 0 Å². The molecule has 0 radical (unpaired) electrons. The first-order chi connectivity index (χ1) is 10.6. The minimum absolute atomic E-state index is 0.420. The summed E-state index contributed by atoms with van der Waals surface area (Å²) in [4.78, 5) is 3.80. The van der Waals surface area contributed by atoms with Crippen molar-refractivity contribution in [2.45, 2.75) is 19.4 Å². The standard InChI is InChI=1S/C14H13F3INO3S/c1-10-3-4-13(11(2)9-10)18(12-5-7-19-8-6-12)22-23(20,21)14(15,16)17/h3-9H,1-2H3. The van der Waals surface area contributed by atoms with Gasteiger partial charge in [-0.1, -0.05) is 0 Å². The van der Waals surface area contributed by atoms with Crippen LogP contribution in [0.3, 0.4) is 0 Å². The van der Waals surface area contributed by atoms with Gasteiger partial charge in [-0.2, -0.15) is 0 Å². The van der Waals surface area contributed by atoms with Crippen molar-refractivity contribution < 1.29 is 24.1 Å². The second kappa shape index (κ2) is 6.73. The third-order valence-corrected chi connectivity index (χ3v) is 10.2. The average Bonchev–Trinajstić information content (AvgIpc) is 2.45. The third-order valence-electron chi connectivity index (χ3n) is 2.77. The van der Waals surface area contributed by atoms with E-state index < -0.39 is 35.9 Å². The van der Waals surface area contributed by atoms with Gasteiger partial charge in [0.25, 0.3) is 0 Å². The molecule has 0 bridgehead atoms. The molecule has 0 saturated heterocycles. The molecule has 0 fully saturated rings. The second-order valence-corrected chi connectivity index (χ2v) is 11.0. The number of rotatable bonds is 4. The van der Waals surface area contributed by atoms with Crippen LogP contribution in [0, 0.1) is 21.0 Å². The van der Waals surface area contributed by atoms with Crippen molar-refractivity contribution in [1.29, 1.82) is 0 Å². The first-order valence-corrected chi connectivity index (χ1v) is 10.7. The summed E-state index contributed by atoms with van der Waals surface area (Å²) in [6, 6.07) is 8.09. The maximum absolute atomic E-state index is 12.7. The van der Waals surface area contributed by atoms with Crippen molar-refractivity contribution >= 4 is 30.4 Å². The van der Waals surface area contributed by atoms with Crippen LogP contribution in [-0.4, -0.2) is 18.9 Å². The Morgan fingerprint density at radius 3 is 2.22 bits per heavy atom. The summed E-state index contributed by atoms with van der Waals surface area (Å²) in [7, 11) is -5.67. The molecule has 0 N–H and O–H groups in total. The molecular weight excluding hydrogens is 446 g/mol. The SMILES string of the molecule is Cc1ccc(I(OS(=O)(=O)C(F)(F)F)c2ccncc2)c(C)c1. The minimum atomic E-state index is -5.67. The number of benzene rings is 1. The Labute approximate surface area is 139 Å². The third kappa shape index (κ3) is 4.21. The fraction of sp³-hybridized carbons (Fsp3) is 0.214. The fourth-order valence-corrected chi connectivity index (χ4v) is 8.44. The average molecular weight is 459 g/mol. The summed E-state index contributed by atoms with van der Waals surface area (Å²) in [6.45, 7) is 3.56. The van der Waals surface area contributed by atoms with Crippen molar-refractivity contribution in [2.75, 3.05) is 0 Å². The molecule has 2 rings (SSSR count). The topological polar surface area (TPSA) is 56.3 Å². The Kier molecular flexibility index (Phi) is 5.31. The fourth-order valence-electron chi connectivity index (χ4n) is 1.74. The number of halogens is 4. The summed E-state index contributed by atoms with van der Waals surface area (Å²) in [5, 5.41) is 0. The van der Waals surface area contributed by atoms with Crippen LogP contribution in [0.5, 0.6) is 0 Å². The van der Waals surface area contributed by atoms with Crippen molar-refractivity contribution in [3.63, 3.8) is 0 Å². The first-order valence-electron chi connectivity index (χ1n) is 6.30. The second-order valence-electron chi connectivity index (χ2n) is 4.63. The van der Waals surface area contributed by atoms with E-state index in [2.05, 4.69) is 7.50 Å². The van der Waals surface area contributed by atoms with Crippen molar-refractivity contribution in [3.05, 3.63) is 61.0 Å². The van der Waals surface area contributed by atoms with Gasteiger partial charge in [0.1, 0.15) is 0 Å². The van der Waals surface area contributed by atoms with Crippen LogP contribution in [-0.2, 0) is 12.6 Å². The zero-order chi connectivity index (χ0) is 17.3. The molecule has 0 aliphatic carbocycles. The predicted molar refractivity (Wildman–Crippen MR) is 87.6 cm³/mol. The van der Waals surface area contributed by atoms with E-state index in [-0.39, 0.29) is 0 Å². The Bertz CT molecular complexity index is 795. The van der Waals surface area contributed by atoms with Gasteiger partial charge in [-0.15, -0.1) is 0 Å². The number of alkyl halides is 3. The summed E-state index contributed by atoms with van der Waals surface area (Å²) in [5.41, 5.74) is -3.83. The number of hydrogen-bond donors (Lipinski definition) is 0. The monoisotopic (exact) mass is 459 g/mol. The van der Waals surface area contributed by atoms with E-state index >= 15 is 0 Å². The number of pyridine rings is 1. The van der Waals surface area contributed by atoms with Gasteiger partial charge >= 0.3 is 140 Å². The summed E-state index contributed by atoms with van der Waals surface area (Å²) in [6.07, 6.45) is 2.79. The van der Waals surface area contributed by atoms with Gasteiger partial charge in [0.05, 0.1) is 0 Å². The van der Waals surface area contributed by atoms with Crippen LogP contribution in [0.2, 0.25) is 0 Å². The molecule has 9 heteroatoms. The van der Waals surface area contributed by atoms with Crippen molar-refractivity contribution in [2.24, 2.45) is 0 Å². The molecule has 23 heavy (non-hydrogen) atoms. The number of nitrogens with zero attached hydrogens (tertiary/aromatic N) is 1. The number of hydrogen-bond acceptors (Lipinski definition) is 4. The zero-order valence-corrected chi connectivity index (χ0v) is 15.1. The Morgan fingerprint density at radius 2 is 1.70 bits per heavy atom.